The van der Waals surface area contributed by atoms with Gasteiger partial charge in [0.25, 0.3) is 0 Å². The number of aromatic nitrogens is 3. The van der Waals surface area contributed by atoms with Crippen molar-refractivity contribution in [3.8, 4) is 0 Å². The second kappa shape index (κ2) is 4.24. The lowest BCUT2D eigenvalue weighted by Crippen LogP contribution is -2.15. The Bertz CT molecular complexity index is 976. The molecule has 104 valence electrons. The quantitative estimate of drug-likeness (QED) is 0.568. The highest BCUT2D eigenvalue weighted by Gasteiger charge is 2.11. The van der Waals surface area contributed by atoms with Gasteiger partial charge < -0.3 is 14.6 Å². The normalized spacial score (nSPS) is 11.4. The average molecular weight is 280 g/mol. The van der Waals surface area contributed by atoms with Crippen LogP contribution >= 0.6 is 0 Å². The number of rotatable bonds is 2. The van der Waals surface area contributed by atoms with Crippen LogP contribution in [0, 0.1) is 0 Å². The van der Waals surface area contributed by atoms with Crippen molar-refractivity contribution in [2.24, 2.45) is 0 Å². The number of nitrogens with zero attached hydrogens (tertiary/aromatic N) is 3. The van der Waals surface area contributed by atoms with Gasteiger partial charge in [-0.15, -0.1) is 0 Å². The van der Waals surface area contributed by atoms with Gasteiger partial charge in [0.2, 0.25) is 0 Å². The third-order valence-electron chi connectivity index (χ3n) is 3.43. The van der Waals surface area contributed by atoms with Crippen LogP contribution in [0.25, 0.3) is 16.7 Å². The molecule has 4 rings (SSSR count). The fraction of sp³-hybridized carbons (Fsp3) is 0.0667. The second-order valence-corrected chi connectivity index (χ2v) is 4.88. The summed E-state index contributed by atoms with van der Waals surface area (Å²) in [5, 5.41) is 0. The number of nitrogen functional groups attached to an aromatic ring is 1. The standard InChI is InChI=1S/C15H12N4O2/c16-10-4-5-13-12(7-10)19(15(20)21-13)9-11-8-18-6-2-1-3-14(18)17-11/h1-8H,9,16H2. The third-order valence-corrected chi connectivity index (χ3v) is 3.43. The van der Waals surface area contributed by atoms with Crippen molar-refractivity contribution in [2.75, 3.05) is 5.73 Å². The van der Waals surface area contributed by atoms with E-state index in [4.69, 9.17) is 10.2 Å². The lowest BCUT2D eigenvalue weighted by molar-refractivity contribution is 0.516. The Balaban J connectivity index is 1.85. The highest BCUT2D eigenvalue weighted by molar-refractivity contribution is 5.77. The Labute approximate surface area is 119 Å². The number of hydrogen-bond donors (Lipinski definition) is 1. The molecule has 0 aliphatic carbocycles. The Morgan fingerprint density at radius 3 is 3.00 bits per heavy atom. The van der Waals surface area contributed by atoms with Gasteiger partial charge in [-0.1, -0.05) is 6.07 Å². The topological polar surface area (TPSA) is 78.5 Å². The summed E-state index contributed by atoms with van der Waals surface area (Å²) in [6, 6.07) is 10.9. The molecule has 0 spiro atoms. The summed E-state index contributed by atoms with van der Waals surface area (Å²) in [5.74, 6) is -0.410. The van der Waals surface area contributed by atoms with Crippen LogP contribution in [0.4, 0.5) is 5.69 Å². The third kappa shape index (κ3) is 1.88. The number of oxazole rings is 1. The van der Waals surface area contributed by atoms with Gasteiger partial charge in [0.15, 0.2) is 5.58 Å². The monoisotopic (exact) mass is 280 g/mol. The molecule has 0 saturated carbocycles. The fourth-order valence-electron chi connectivity index (χ4n) is 2.45. The Morgan fingerprint density at radius 1 is 1.24 bits per heavy atom. The summed E-state index contributed by atoms with van der Waals surface area (Å²) < 4.78 is 8.67. The van der Waals surface area contributed by atoms with Crippen LogP contribution in [-0.2, 0) is 6.54 Å². The molecule has 0 fully saturated rings. The molecule has 6 heteroatoms. The average Bonchev–Trinajstić information content (AvgIpc) is 3.01. The lowest BCUT2D eigenvalue weighted by atomic mass is 10.3. The van der Waals surface area contributed by atoms with Gasteiger partial charge >= 0.3 is 5.76 Å². The molecule has 2 N–H and O–H groups in total. The largest absolute Gasteiger partial charge is 0.420 e. The minimum absolute atomic E-state index is 0.344. The van der Waals surface area contributed by atoms with Gasteiger partial charge in [-0.25, -0.2) is 9.78 Å². The van der Waals surface area contributed by atoms with Gasteiger partial charge in [-0.05, 0) is 30.3 Å². The molecule has 0 aliphatic rings. The van der Waals surface area contributed by atoms with E-state index in [2.05, 4.69) is 4.98 Å². The number of pyridine rings is 1. The summed E-state index contributed by atoms with van der Waals surface area (Å²) in [5.41, 5.74) is 9.20. The first-order valence-corrected chi connectivity index (χ1v) is 6.52. The Kier molecular flexibility index (Phi) is 2.38. The van der Waals surface area contributed by atoms with E-state index in [1.54, 1.807) is 18.2 Å². The summed E-state index contributed by atoms with van der Waals surface area (Å²) >= 11 is 0. The van der Waals surface area contributed by atoms with Gasteiger partial charge in [0.05, 0.1) is 17.8 Å². The number of fused-ring (bicyclic) bond motifs is 2. The number of hydrogen-bond acceptors (Lipinski definition) is 4. The van der Waals surface area contributed by atoms with Crippen molar-refractivity contribution in [3.63, 3.8) is 0 Å². The zero-order valence-corrected chi connectivity index (χ0v) is 11.1. The van der Waals surface area contributed by atoms with Crippen LogP contribution < -0.4 is 11.5 Å². The highest BCUT2D eigenvalue weighted by Crippen LogP contribution is 2.17. The van der Waals surface area contributed by atoms with Crippen molar-refractivity contribution in [3.05, 3.63) is 65.0 Å². The molecule has 3 aromatic heterocycles. The van der Waals surface area contributed by atoms with Crippen molar-refractivity contribution >= 4 is 22.4 Å². The molecular formula is C15H12N4O2. The van der Waals surface area contributed by atoms with Gasteiger partial charge in [0.1, 0.15) is 5.65 Å². The Morgan fingerprint density at radius 2 is 2.14 bits per heavy atom. The SMILES string of the molecule is Nc1ccc2oc(=O)n(Cc3cn4ccccc4n3)c2c1. The van der Waals surface area contributed by atoms with E-state index in [1.165, 1.54) is 4.57 Å². The van der Waals surface area contributed by atoms with Crippen molar-refractivity contribution in [1.29, 1.82) is 0 Å². The zero-order chi connectivity index (χ0) is 14.4. The van der Waals surface area contributed by atoms with Gasteiger partial charge in [-0.2, -0.15) is 0 Å². The summed E-state index contributed by atoms with van der Waals surface area (Å²) in [6.07, 6.45) is 3.81. The van der Waals surface area contributed by atoms with E-state index in [0.717, 1.165) is 11.3 Å². The van der Waals surface area contributed by atoms with Gasteiger partial charge in [-0.3, -0.25) is 4.57 Å². The molecule has 6 nitrogen and oxygen atoms in total. The number of nitrogens with two attached hydrogens (primary N) is 1. The molecular weight excluding hydrogens is 268 g/mol. The Hall–Kier alpha value is -3.02. The fourth-order valence-corrected chi connectivity index (χ4v) is 2.45. The molecule has 0 amide bonds. The first-order chi connectivity index (χ1) is 10.2. The summed E-state index contributed by atoms with van der Waals surface area (Å²) in [7, 11) is 0. The van der Waals surface area contributed by atoms with Crippen molar-refractivity contribution in [2.45, 2.75) is 6.54 Å². The molecule has 0 atom stereocenters. The van der Waals surface area contributed by atoms with Crippen LogP contribution in [0.5, 0.6) is 0 Å². The molecule has 0 saturated heterocycles. The zero-order valence-electron chi connectivity index (χ0n) is 11.1. The minimum Gasteiger partial charge on any atom is -0.408 e. The van der Waals surface area contributed by atoms with Crippen LogP contribution in [0.15, 0.2) is 58.0 Å². The molecule has 21 heavy (non-hydrogen) atoms. The minimum atomic E-state index is -0.410. The molecule has 0 aliphatic heterocycles. The number of anilines is 1. The van der Waals surface area contributed by atoms with E-state index in [-0.39, 0.29) is 0 Å². The van der Waals surface area contributed by atoms with E-state index in [0.29, 0.717) is 23.3 Å². The van der Waals surface area contributed by atoms with E-state index in [1.807, 2.05) is 35.0 Å². The molecule has 1 aromatic carbocycles. The van der Waals surface area contributed by atoms with Crippen molar-refractivity contribution in [1.82, 2.24) is 14.0 Å². The van der Waals surface area contributed by atoms with Crippen LogP contribution in [0.1, 0.15) is 5.69 Å². The smallest absolute Gasteiger partial charge is 0.408 e. The lowest BCUT2D eigenvalue weighted by Gasteiger charge is -1.99. The predicted molar refractivity (Wildman–Crippen MR) is 79.2 cm³/mol. The highest BCUT2D eigenvalue weighted by atomic mass is 16.4. The van der Waals surface area contributed by atoms with Crippen LogP contribution in [-0.4, -0.2) is 14.0 Å². The maximum atomic E-state index is 12.0. The molecule has 0 radical (unpaired) electrons. The van der Waals surface area contributed by atoms with Crippen LogP contribution in [0.2, 0.25) is 0 Å². The van der Waals surface area contributed by atoms with E-state index in [9.17, 15) is 4.79 Å². The van der Waals surface area contributed by atoms with E-state index < -0.39 is 5.76 Å². The molecule has 0 bridgehead atoms. The predicted octanol–water partition coefficient (Wildman–Crippen LogP) is 1.87. The second-order valence-electron chi connectivity index (χ2n) is 4.88. The number of imidazole rings is 1. The van der Waals surface area contributed by atoms with E-state index >= 15 is 0 Å². The first kappa shape index (κ1) is 11.8. The first-order valence-electron chi connectivity index (χ1n) is 6.52. The van der Waals surface area contributed by atoms with Crippen molar-refractivity contribution < 1.29 is 4.42 Å². The van der Waals surface area contributed by atoms with Crippen LogP contribution in [0.3, 0.4) is 0 Å². The summed E-state index contributed by atoms with van der Waals surface area (Å²) in [6.45, 7) is 0.344. The molecule has 3 heterocycles. The summed E-state index contributed by atoms with van der Waals surface area (Å²) in [4.78, 5) is 16.5. The maximum Gasteiger partial charge on any atom is 0.420 e. The van der Waals surface area contributed by atoms with Gasteiger partial charge in [0, 0.05) is 18.1 Å². The molecule has 0 unspecified atom stereocenters. The maximum absolute atomic E-state index is 12.0. The number of benzene rings is 1. The molecule has 4 aromatic rings.